The molecule has 1 aromatic carbocycles. The van der Waals surface area contributed by atoms with Crippen molar-refractivity contribution in [3.05, 3.63) is 66.4 Å². The van der Waals surface area contributed by atoms with Crippen molar-refractivity contribution >= 4 is 17.5 Å². The minimum Gasteiger partial charge on any atom is -0.345 e. The molecule has 2 heterocycles. The summed E-state index contributed by atoms with van der Waals surface area (Å²) in [7, 11) is 3.47. The van der Waals surface area contributed by atoms with Crippen LogP contribution in [0.5, 0.6) is 0 Å². The van der Waals surface area contributed by atoms with Crippen molar-refractivity contribution in [1.82, 2.24) is 14.5 Å². The molecule has 3 rings (SSSR count). The molecule has 0 atom stereocenters. The molecule has 4 heteroatoms. The zero-order chi connectivity index (χ0) is 15.5. The summed E-state index contributed by atoms with van der Waals surface area (Å²) in [5.74, 6) is -0.0470. The average molecular weight is 291 g/mol. The van der Waals surface area contributed by atoms with Gasteiger partial charge in [0, 0.05) is 37.5 Å². The third-order valence-corrected chi connectivity index (χ3v) is 3.46. The molecule has 0 aliphatic heterocycles. The van der Waals surface area contributed by atoms with Gasteiger partial charge in [-0.1, -0.05) is 36.4 Å². The smallest absolute Gasteiger partial charge is 0.246 e. The largest absolute Gasteiger partial charge is 0.345 e. The molecule has 0 bridgehead atoms. The average Bonchev–Trinajstić information content (AvgIpc) is 2.92. The highest BCUT2D eigenvalue weighted by Gasteiger charge is 2.12. The maximum Gasteiger partial charge on any atom is 0.246 e. The first-order valence-electron chi connectivity index (χ1n) is 7.09. The Kier molecular flexibility index (Phi) is 3.74. The number of amides is 1. The van der Waals surface area contributed by atoms with Crippen LogP contribution in [0.4, 0.5) is 0 Å². The number of hydrogen-bond donors (Lipinski definition) is 0. The van der Waals surface area contributed by atoms with Crippen LogP contribution in [0.1, 0.15) is 5.56 Å². The lowest BCUT2D eigenvalue weighted by Gasteiger charge is -2.05. The predicted octanol–water partition coefficient (Wildman–Crippen LogP) is 3.10. The molecule has 0 N–H and O–H groups in total. The van der Waals surface area contributed by atoms with Crippen LogP contribution in [-0.2, 0) is 4.79 Å². The van der Waals surface area contributed by atoms with E-state index in [2.05, 4.69) is 5.10 Å². The summed E-state index contributed by atoms with van der Waals surface area (Å²) < 4.78 is 1.84. The second kappa shape index (κ2) is 5.85. The molecule has 2 aromatic heterocycles. The Hall–Kier alpha value is -2.88. The molecule has 0 aliphatic carbocycles. The van der Waals surface area contributed by atoms with Crippen molar-refractivity contribution in [2.45, 2.75) is 0 Å². The van der Waals surface area contributed by atoms with Gasteiger partial charge in [-0.25, -0.2) is 4.52 Å². The topological polar surface area (TPSA) is 37.6 Å². The van der Waals surface area contributed by atoms with E-state index in [1.165, 1.54) is 0 Å². The number of aromatic nitrogens is 2. The summed E-state index contributed by atoms with van der Waals surface area (Å²) in [5, 5.41) is 4.65. The Labute approximate surface area is 129 Å². The first-order valence-corrected chi connectivity index (χ1v) is 7.09. The summed E-state index contributed by atoms with van der Waals surface area (Å²) in [6.45, 7) is 0. The summed E-state index contributed by atoms with van der Waals surface area (Å²) in [5.41, 5.74) is 3.82. The van der Waals surface area contributed by atoms with Crippen molar-refractivity contribution in [3.63, 3.8) is 0 Å². The highest BCUT2D eigenvalue weighted by molar-refractivity contribution is 5.94. The molecule has 22 heavy (non-hydrogen) atoms. The number of benzene rings is 1. The van der Waals surface area contributed by atoms with E-state index in [9.17, 15) is 4.79 Å². The number of carbonyl (C=O) groups excluding carboxylic acids is 1. The van der Waals surface area contributed by atoms with Crippen molar-refractivity contribution in [2.24, 2.45) is 0 Å². The van der Waals surface area contributed by atoms with E-state index in [1.807, 2.05) is 65.3 Å². The van der Waals surface area contributed by atoms with Gasteiger partial charge in [0.25, 0.3) is 0 Å². The van der Waals surface area contributed by atoms with Gasteiger partial charge >= 0.3 is 0 Å². The minimum atomic E-state index is -0.0470. The second-order valence-corrected chi connectivity index (χ2v) is 5.22. The Morgan fingerprint density at radius 2 is 1.82 bits per heavy atom. The van der Waals surface area contributed by atoms with Crippen LogP contribution >= 0.6 is 0 Å². The maximum atomic E-state index is 11.8. The number of carbonyl (C=O) groups is 1. The fourth-order valence-electron chi connectivity index (χ4n) is 2.30. The summed E-state index contributed by atoms with van der Waals surface area (Å²) in [4.78, 5) is 13.4. The highest BCUT2D eigenvalue weighted by atomic mass is 16.2. The molecule has 0 unspecified atom stereocenters. The van der Waals surface area contributed by atoms with Crippen LogP contribution in [0.15, 0.2) is 60.8 Å². The highest BCUT2D eigenvalue weighted by Crippen LogP contribution is 2.27. The number of fused-ring (bicyclic) bond motifs is 1. The van der Waals surface area contributed by atoms with Crippen molar-refractivity contribution in [1.29, 1.82) is 0 Å². The van der Waals surface area contributed by atoms with Crippen LogP contribution in [0.3, 0.4) is 0 Å². The molecule has 0 saturated carbocycles. The first kappa shape index (κ1) is 14.1. The molecule has 1 amide bonds. The first-order chi connectivity index (χ1) is 10.7. The van der Waals surface area contributed by atoms with E-state index in [0.29, 0.717) is 0 Å². The normalized spacial score (nSPS) is 11.2. The van der Waals surface area contributed by atoms with Gasteiger partial charge < -0.3 is 4.90 Å². The van der Waals surface area contributed by atoms with Gasteiger partial charge in [-0.15, -0.1) is 0 Å². The van der Waals surface area contributed by atoms with Crippen LogP contribution in [0.2, 0.25) is 0 Å². The molecular formula is C18H17N3O. The van der Waals surface area contributed by atoms with Crippen LogP contribution < -0.4 is 0 Å². The fraction of sp³-hybridized carbons (Fsp3) is 0.111. The number of hydrogen-bond acceptors (Lipinski definition) is 2. The lowest BCUT2D eigenvalue weighted by Crippen LogP contribution is -2.18. The van der Waals surface area contributed by atoms with Crippen molar-refractivity contribution < 1.29 is 4.79 Å². The third-order valence-electron chi connectivity index (χ3n) is 3.46. The van der Waals surface area contributed by atoms with Gasteiger partial charge in [-0.05, 0) is 18.2 Å². The van der Waals surface area contributed by atoms with E-state index in [-0.39, 0.29) is 5.91 Å². The monoisotopic (exact) mass is 291 g/mol. The van der Waals surface area contributed by atoms with E-state index in [0.717, 1.165) is 22.3 Å². The Bertz CT molecular complexity index is 832. The van der Waals surface area contributed by atoms with Gasteiger partial charge in [0.1, 0.15) is 5.69 Å². The van der Waals surface area contributed by atoms with E-state index >= 15 is 0 Å². The van der Waals surface area contributed by atoms with E-state index in [4.69, 9.17) is 0 Å². The fourth-order valence-corrected chi connectivity index (χ4v) is 2.30. The summed E-state index contributed by atoms with van der Waals surface area (Å²) >= 11 is 0. The number of rotatable bonds is 3. The lowest BCUT2D eigenvalue weighted by atomic mass is 10.1. The number of likely N-dealkylation sites (N-methyl/N-ethyl adjacent to an activating group) is 1. The van der Waals surface area contributed by atoms with E-state index in [1.54, 1.807) is 25.1 Å². The molecule has 0 radical (unpaired) electrons. The quantitative estimate of drug-likeness (QED) is 0.695. The molecule has 0 aliphatic rings. The van der Waals surface area contributed by atoms with Crippen LogP contribution in [0, 0.1) is 0 Å². The molecular weight excluding hydrogens is 274 g/mol. The van der Waals surface area contributed by atoms with Gasteiger partial charge in [0.15, 0.2) is 0 Å². The zero-order valence-corrected chi connectivity index (χ0v) is 12.6. The molecule has 0 fully saturated rings. The Balaban J connectivity index is 2.16. The maximum absolute atomic E-state index is 11.8. The summed E-state index contributed by atoms with van der Waals surface area (Å²) in [6, 6.07) is 15.9. The van der Waals surface area contributed by atoms with Crippen LogP contribution in [-0.4, -0.2) is 34.5 Å². The molecule has 3 aromatic rings. The zero-order valence-electron chi connectivity index (χ0n) is 12.6. The number of nitrogens with zero attached hydrogens (tertiary/aromatic N) is 3. The van der Waals surface area contributed by atoms with Gasteiger partial charge in [0.2, 0.25) is 5.91 Å². The molecule has 110 valence electrons. The predicted molar refractivity (Wildman–Crippen MR) is 88.4 cm³/mol. The van der Waals surface area contributed by atoms with Gasteiger partial charge in [0.05, 0.1) is 5.52 Å². The van der Waals surface area contributed by atoms with Crippen molar-refractivity contribution in [2.75, 3.05) is 14.1 Å². The van der Waals surface area contributed by atoms with E-state index < -0.39 is 0 Å². The van der Waals surface area contributed by atoms with Crippen molar-refractivity contribution in [3.8, 4) is 11.3 Å². The second-order valence-electron chi connectivity index (χ2n) is 5.22. The molecule has 4 nitrogen and oxygen atoms in total. The Morgan fingerprint density at radius 1 is 1.09 bits per heavy atom. The third kappa shape index (κ3) is 2.63. The van der Waals surface area contributed by atoms with Gasteiger partial charge in [-0.2, -0.15) is 5.10 Å². The van der Waals surface area contributed by atoms with Gasteiger partial charge in [-0.3, -0.25) is 4.79 Å². The SMILES string of the molecule is CN(C)C(=O)/C=C/c1c(-c2ccccc2)nn2ccccc12. The summed E-state index contributed by atoms with van der Waals surface area (Å²) in [6.07, 6.45) is 5.33. The minimum absolute atomic E-state index is 0.0470. The lowest BCUT2D eigenvalue weighted by molar-refractivity contribution is -0.123. The number of pyridine rings is 1. The molecule has 0 spiro atoms. The van der Waals surface area contributed by atoms with Crippen LogP contribution in [0.25, 0.3) is 22.9 Å². The Morgan fingerprint density at radius 3 is 2.55 bits per heavy atom. The standard InChI is InChI=1S/C18H17N3O/c1-20(2)17(22)12-11-15-16-10-6-7-13-21(16)19-18(15)14-8-4-3-5-9-14/h3-13H,1-2H3/b12-11+. The molecule has 0 saturated heterocycles.